The third kappa shape index (κ3) is 4.25. The first-order valence-corrected chi connectivity index (χ1v) is 9.85. The maximum Gasteiger partial charge on any atom is 0.410 e. The SMILES string of the molecule is Cc1ccc(F)c(CN2C[C@@H]3OC(=O)N(CCCN4CCOCC4)[C@@H]3C2)c1. The van der Waals surface area contributed by atoms with Gasteiger partial charge in [0.25, 0.3) is 0 Å². The summed E-state index contributed by atoms with van der Waals surface area (Å²) >= 11 is 0. The summed E-state index contributed by atoms with van der Waals surface area (Å²) in [5.74, 6) is -0.169. The fourth-order valence-corrected chi connectivity index (χ4v) is 4.32. The Labute approximate surface area is 159 Å². The number of nitrogens with zero attached hydrogens (tertiary/aromatic N) is 3. The van der Waals surface area contributed by atoms with Crippen LogP contribution in [0.2, 0.25) is 0 Å². The second-order valence-electron chi connectivity index (χ2n) is 7.78. The molecular formula is C20H28FN3O3. The van der Waals surface area contributed by atoms with Crippen LogP contribution < -0.4 is 0 Å². The van der Waals surface area contributed by atoms with E-state index in [4.69, 9.17) is 9.47 Å². The summed E-state index contributed by atoms with van der Waals surface area (Å²) in [5.41, 5.74) is 1.77. The summed E-state index contributed by atoms with van der Waals surface area (Å²) in [7, 11) is 0. The third-order valence-corrected chi connectivity index (χ3v) is 5.77. The van der Waals surface area contributed by atoms with Crippen LogP contribution in [0.3, 0.4) is 0 Å². The Morgan fingerprint density at radius 2 is 1.96 bits per heavy atom. The monoisotopic (exact) mass is 377 g/mol. The molecule has 27 heavy (non-hydrogen) atoms. The Kier molecular flexibility index (Phi) is 5.61. The van der Waals surface area contributed by atoms with Crippen molar-refractivity contribution in [3.05, 3.63) is 35.1 Å². The van der Waals surface area contributed by atoms with Crippen LogP contribution >= 0.6 is 0 Å². The maximum absolute atomic E-state index is 14.1. The van der Waals surface area contributed by atoms with E-state index in [0.29, 0.717) is 25.2 Å². The van der Waals surface area contributed by atoms with E-state index in [0.717, 1.165) is 51.4 Å². The summed E-state index contributed by atoms with van der Waals surface area (Å²) in [5, 5.41) is 0. The Balaban J connectivity index is 1.30. The van der Waals surface area contributed by atoms with Gasteiger partial charge >= 0.3 is 6.09 Å². The van der Waals surface area contributed by atoms with E-state index in [2.05, 4.69) is 9.80 Å². The molecule has 0 unspecified atom stereocenters. The van der Waals surface area contributed by atoms with Crippen molar-refractivity contribution in [3.8, 4) is 0 Å². The number of carbonyl (C=O) groups is 1. The van der Waals surface area contributed by atoms with Gasteiger partial charge in [-0.05, 0) is 19.4 Å². The Morgan fingerprint density at radius 3 is 2.78 bits per heavy atom. The maximum atomic E-state index is 14.1. The molecule has 0 spiro atoms. The molecule has 0 bridgehead atoms. The molecule has 0 N–H and O–H groups in total. The number of amides is 1. The van der Waals surface area contributed by atoms with E-state index in [1.165, 1.54) is 6.07 Å². The molecule has 0 aromatic heterocycles. The summed E-state index contributed by atoms with van der Waals surface area (Å²) in [6, 6.07) is 5.29. The molecule has 148 valence electrons. The van der Waals surface area contributed by atoms with E-state index >= 15 is 0 Å². The Hall–Kier alpha value is -1.70. The van der Waals surface area contributed by atoms with Gasteiger partial charge in [0, 0.05) is 51.4 Å². The highest BCUT2D eigenvalue weighted by Gasteiger charge is 2.47. The fraction of sp³-hybridized carbons (Fsp3) is 0.650. The first kappa shape index (κ1) is 18.7. The molecule has 3 aliphatic rings. The van der Waals surface area contributed by atoms with Gasteiger partial charge in [0.1, 0.15) is 11.9 Å². The van der Waals surface area contributed by atoms with Gasteiger partial charge in [0.2, 0.25) is 0 Å². The molecular weight excluding hydrogens is 349 g/mol. The number of ether oxygens (including phenoxy) is 2. The van der Waals surface area contributed by atoms with Crippen LogP contribution in [-0.2, 0) is 16.0 Å². The second-order valence-corrected chi connectivity index (χ2v) is 7.78. The van der Waals surface area contributed by atoms with Gasteiger partial charge in [0.05, 0.1) is 19.3 Å². The van der Waals surface area contributed by atoms with Gasteiger partial charge in [-0.25, -0.2) is 9.18 Å². The van der Waals surface area contributed by atoms with Crippen molar-refractivity contribution in [2.24, 2.45) is 0 Å². The van der Waals surface area contributed by atoms with Gasteiger partial charge < -0.3 is 14.4 Å². The molecule has 3 fully saturated rings. The van der Waals surface area contributed by atoms with E-state index in [-0.39, 0.29) is 24.1 Å². The number of hydrogen-bond acceptors (Lipinski definition) is 5. The van der Waals surface area contributed by atoms with Gasteiger partial charge in [-0.3, -0.25) is 9.80 Å². The predicted octanol–water partition coefficient (Wildman–Crippen LogP) is 1.86. The third-order valence-electron chi connectivity index (χ3n) is 5.77. The number of aryl methyl sites for hydroxylation is 1. The minimum absolute atomic E-state index is 0.0788. The molecule has 1 aromatic rings. The van der Waals surface area contributed by atoms with Crippen molar-refractivity contribution in [3.63, 3.8) is 0 Å². The van der Waals surface area contributed by atoms with Crippen molar-refractivity contribution < 1.29 is 18.7 Å². The predicted molar refractivity (Wildman–Crippen MR) is 99.1 cm³/mol. The van der Waals surface area contributed by atoms with Crippen LogP contribution in [0.4, 0.5) is 9.18 Å². The molecule has 0 aliphatic carbocycles. The number of fused-ring (bicyclic) bond motifs is 1. The van der Waals surface area contributed by atoms with Gasteiger partial charge in [-0.1, -0.05) is 17.7 Å². The lowest BCUT2D eigenvalue weighted by atomic mass is 10.1. The standard InChI is InChI=1S/C20H28FN3O3/c1-15-3-4-17(21)16(11-15)12-23-13-18-19(14-23)27-20(25)24(18)6-2-5-22-7-9-26-10-8-22/h3-4,11,18-19H,2,5-10,12-14H2,1H3/t18-,19+/m1/s1. The van der Waals surface area contributed by atoms with Crippen molar-refractivity contribution in [2.75, 3.05) is 52.5 Å². The highest BCUT2D eigenvalue weighted by atomic mass is 19.1. The number of benzene rings is 1. The smallest absolute Gasteiger partial charge is 0.410 e. The Bertz CT molecular complexity index is 680. The van der Waals surface area contributed by atoms with E-state index in [9.17, 15) is 9.18 Å². The molecule has 2 atom stereocenters. The van der Waals surface area contributed by atoms with Crippen LogP contribution in [0.15, 0.2) is 18.2 Å². The van der Waals surface area contributed by atoms with Crippen LogP contribution in [0.1, 0.15) is 17.5 Å². The summed E-state index contributed by atoms with van der Waals surface area (Å²) in [4.78, 5) is 18.7. The zero-order chi connectivity index (χ0) is 18.8. The lowest BCUT2D eigenvalue weighted by Crippen LogP contribution is -2.41. The highest BCUT2D eigenvalue weighted by Crippen LogP contribution is 2.28. The molecule has 3 aliphatic heterocycles. The number of hydrogen-bond donors (Lipinski definition) is 0. The fourth-order valence-electron chi connectivity index (χ4n) is 4.32. The second kappa shape index (κ2) is 8.12. The summed E-state index contributed by atoms with van der Waals surface area (Å²) < 4.78 is 25.0. The zero-order valence-electron chi connectivity index (χ0n) is 15.9. The normalized spacial score (nSPS) is 26.4. The minimum atomic E-state index is -0.201. The lowest BCUT2D eigenvalue weighted by molar-refractivity contribution is 0.0362. The first-order chi connectivity index (χ1) is 13.1. The molecule has 1 aromatic carbocycles. The minimum Gasteiger partial charge on any atom is -0.442 e. The van der Waals surface area contributed by atoms with Crippen LogP contribution in [-0.4, -0.2) is 85.4 Å². The number of rotatable bonds is 6. The topological polar surface area (TPSA) is 45.2 Å². The van der Waals surface area contributed by atoms with Crippen molar-refractivity contribution in [1.82, 2.24) is 14.7 Å². The largest absolute Gasteiger partial charge is 0.442 e. The van der Waals surface area contributed by atoms with E-state index in [1.807, 2.05) is 17.9 Å². The molecule has 4 rings (SSSR count). The average Bonchev–Trinajstić information content (AvgIpc) is 3.16. The zero-order valence-corrected chi connectivity index (χ0v) is 15.9. The van der Waals surface area contributed by atoms with Gasteiger partial charge in [-0.15, -0.1) is 0 Å². The number of morpholine rings is 1. The number of halogens is 1. The van der Waals surface area contributed by atoms with Crippen LogP contribution in [0.25, 0.3) is 0 Å². The lowest BCUT2D eigenvalue weighted by Gasteiger charge is -2.28. The Morgan fingerprint density at radius 1 is 1.15 bits per heavy atom. The molecule has 6 nitrogen and oxygen atoms in total. The summed E-state index contributed by atoms with van der Waals surface area (Å²) in [6.45, 7) is 9.14. The van der Waals surface area contributed by atoms with Crippen LogP contribution in [0, 0.1) is 12.7 Å². The van der Waals surface area contributed by atoms with Crippen molar-refractivity contribution in [2.45, 2.75) is 32.0 Å². The molecule has 7 heteroatoms. The van der Waals surface area contributed by atoms with Crippen LogP contribution in [0.5, 0.6) is 0 Å². The quantitative estimate of drug-likeness (QED) is 0.757. The van der Waals surface area contributed by atoms with Crippen molar-refractivity contribution in [1.29, 1.82) is 0 Å². The molecule has 1 amide bonds. The average molecular weight is 377 g/mol. The van der Waals surface area contributed by atoms with Crippen molar-refractivity contribution >= 4 is 6.09 Å². The molecule has 3 heterocycles. The summed E-state index contributed by atoms with van der Waals surface area (Å²) in [6.07, 6.45) is 0.632. The molecule has 3 saturated heterocycles. The van der Waals surface area contributed by atoms with Gasteiger partial charge in [0.15, 0.2) is 0 Å². The van der Waals surface area contributed by atoms with E-state index < -0.39 is 0 Å². The number of likely N-dealkylation sites (tertiary alicyclic amines) is 1. The molecule has 0 radical (unpaired) electrons. The first-order valence-electron chi connectivity index (χ1n) is 9.85. The highest BCUT2D eigenvalue weighted by molar-refractivity contribution is 5.71. The molecule has 0 saturated carbocycles. The van der Waals surface area contributed by atoms with Gasteiger partial charge in [-0.2, -0.15) is 0 Å². The van der Waals surface area contributed by atoms with E-state index in [1.54, 1.807) is 6.07 Å². The number of carbonyl (C=O) groups excluding carboxylic acids is 1.